The third kappa shape index (κ3) is 1.72. The number of amides is 1. The number of anilines is 1. The summed E-state index contributed by atoms with van der Waals surface area (Å²) < 4.78 is 6.27. The molecule has 14 heavy (non-hydrogen) atoms. The minimum atomic E-state index is -0.150. The molecule has 0 fully saturated rings. The smallest absolute Gasteiger partial charge is 0.231 e. The standard InChI is InChI=1S/C9H9BrN2O2/c1-5-4-14-7-2-6(10)3-11-8(7)12-9(5)13/h2-3,5H,4H2,1H3,(H,11,12,13). The highest BCUT2D eigenvalue weighted by molar-refractivity contribution is 9.10. The molecule has 0 bridgehead atoms. The van der Waals surface area contributed by atoms with Crippen LogP contribution in [0.25, 0.3) is 0 Å². The average Bonchev–Trinajstić information content (AvgIpc) is 2.29. The van der Waals surface area contributed by atoms with Crippen LogP contribution in [-0.4, -0.2) is 17.5 Å². The zero-order valence-electron chi connectivity index (χ0n) is 7.58. The molecule has 0 radical (unpaired) electrons. The van der Waals surface area contributed by atoms with Gasteiger partial charge in [-0.2, -0.15) is 0 Å². The van der Waals surface area contributed by atoms with Crippen molar-refractivity contribution in [3.63, 3.8) is 0 Å². The number of hydrogen-bond acceptors (Lipinski definition) is 3. The lowest BCUT2D eigenvalue weighted by atomic mass is 10.2. The Morgan fingerprint density at radius 2 is 2.50 bits per heavy atom. The van der Waals surface area contributed by atoms with E-state index in [1.54, 1.807) is 12.3 Å². The first-order valence-electron chi connectivity index (χ1n) is 4.26. The van der Waals surface area contributed by atoms with Gasteiger partial charge in [0, 0.05) is 10.7 Å². The molecule has 1 aliphatic heterocycles. The second kappa shape index (κ2) is 3.57. The van der Waals surface area contributed by atoms with E-state index in [2.05, 4.69) is 26.2 Å². The molecular weight excluding hydrogens is 248 g/mol. The predicted molar refractivity (Wildman–Crippen MR) is 55.2 cm³/mol. The van der Waals surface area contributed by atoms with E-state index < -0.39 is 0 Å². The summed E-state index contributed by atoms with van der Waals surface area (Å²) >= 11 is 3.29. The van der Waals surface area contributed by atoms with Gasteiger partial charge in [-0.25, -0.2) is 4.98 Å². The van der Waals surface area contributed by atoms with Crippen molar-refractivity contribution in [3.8, 4) is 5.75 Å². The molecule has 0 spiro atoms. The zero-order chi connectivity index (χ0) is 10.1. The topological polar surface area (TPSA) is 51.2 Å². The van der Waals surface area contributed by atoms with Crippen LogP contribution in [0.15, 0.2) is 16.7 Å². The van der Waals surface area contributed by atoms with Crippen molar-refractivity contribution >= 4 is 27.7 Å². The van der Waals surface area contributed by atoms with Crippen LogP contribution in [0.5, 0.6) is 5.75 Å². The summed E-state index contributed by atoms with van der Waals surface area (Å²) in [5.41, 5.74) is 0. The van der Waals surface area contributed by atoms with E-state index >= 15 is 0 Å². The highest BCUT2D eigenvalue weighted by Gasteiger charge is 2.21. The highest BCUT2D eigenvalue weighted by Crippen LogP contribution is 2.28. The lowest BCUT2D eigenvalue weighted by Crippen LogP contribution is -2.22. The maximum absolute atomic E-state index is 11.4. The number of nitrogens with one attached hydrogen (secondary N) is 1. The first kappa shape index (κ1) is 9.45. The number of fused-ring (bicyclic) bond motifs is 1. The quantitative estimate of drug-likeness (QED) is 0.771. The fraction of sp³-hybridized carbons (Fsp3) is 0.333. The summed E-state index contributed by atoms with van der Waals surface area (Å²) in [5.74, 6) is 0.890. The van der Waals surface area contributed by atoms with Gasteiger partial charge in [-0.05, 0) is 22.0 Å². The third-order valence-corrected chi connectivity index (χ3v) is 2.43. The van der Waals surface area contributed by atoms with Crippen LogP contribution in [0.1, 0.15) is 6.92 Å². The maximum Gasteiger partial charge on any atom is 0.231 e. The van der Waals surface area contributed by atoms with Crippen LogP contribution in [0.4, 0.5) is 5.82 Å². The predicted octanol–water partition coefficient (Wildman–Crippen LogP) is 1.81. The van der Waals surface area contributed by atoms with Gasteiger partial charge in [-0.15, -0.1) is 0 Å². The Balaban J connectivity index is 2.37. The molecule has 0 saturated heterocycles. The molecule has 0 saturated carbocycles. The molecule has 0 aliphatic carbocycles. The van der Waals surface area contributed by atoms with Crippen molar-refractivity contribution < 1.29 is 9.53 Å². The van der Waals surface area contributed by atoms with Gasteiger partial charge in [0.15, 0.2) is 11.6 Å². The largest absolute Gasteiger partial charge is 0.489 e. The number of aromatic nitrogens is 1. The molecule has 2 rings (SSSR count). The monoisotopic (exact) mass is 256 g/mol. The van der Waals surface area contributed by atoms with Crippen molar-refractivity contribution in [2.45, 2.75) is 6.92 Å². The molecule has 5 heteroatoms. The minimum absolute atomic E-state index is 0.0569. The van der Waals surface area contributed by atoms with Gasteiger partial charge in [-0.1, -0.05) is 6.92 Å². The molecular formula is C9H9BrN2O2. The summed E-state index contributed by atoms with van der Waals surface area (Å²) in [6.07, 6.45) is 1.62. The molecule has 74 valence electrons. The molecule has 1 N–H and O–H groups in total. The van der Waals surface area contributed by atoms with E-state index in [4.69, 9.17) is 4.74 Å². The van der Waals surface area contributed by atoms with Crippen molar-refractivity contribution in [2.75, 3.05) is 11.9 Å². The molecule has 1 amide bonds. The van der Waals surface area contributed by atoms with Gasteiger partial charge in [0.1, 0.15) is 0 Å². The van der Waals surface area contributed by atoms with E-state index in [9.17, 15) is 4.79 Å². The molecule has 0 aromatic carbocycles. The van der Waals surface area contributed by atoms with Crippen LogP contribution in [-0.2, 0) is 4.79 Å². The number of ether oxygens (including phenoxy) is 1. The third-order valence-electron chi connectivity index (χ3n) is 2.00. The van der Waals surface area contributed by atoms with Gasteiger partial charge in [0.2, 0.25) is 5.91 Å². The lowest BCUT2D eigenvalue weighted by molar-refractivity contribution is -0.119. The Morgan fingerprint density at radius 3 is 3.29 bits per heavy atom. The average molecular weight is 257 g/mol. The fourth-order valence-corrected chi connectivity index (χ4v) is 1.47. The molecule has 1 aromatic rings. The van der Waals surface area contributed by atoms with Crippen LogP contribution >= 0.6 is 15.9 Å². The Hall–Kier alpha value is -1.10. The van der Waals surface area contributed by atoms with E-state index in [1.807, 2.05) is 6.92 Å². The van der Waals surface area contributed by atoms with Gasteiger partial charge in [0.25, 0.3) is 0 Å². The van der Waals surface area contributed by atoms with E-state index in [0.717, 1.165) is 4.47 Å². The molecule has 1 unspecified atom stereocenters. The molecule has 1 aromatic heterocycles. The Kier molecular flexibility index (Phi) is 2.41. The molecule has 2 heterocycles. The first-order valence-corrected chi connectivity index (χ1v) is 5.05. The van der Waals surface area contributed by atoms with Gasteiger partial charge in [0.05, 0.1) is 12.5 Å². The second-order valence-corrected chi connectivity index (χ2v) is 4.12. The van der Waals surface area contributed by atoms with E-state index in [1.165, 1.54) is 0 Å². The molecule has 1 atom stereocenters. The number of pyridine rings is 1. The van der Waals surface area contributed by atoms with Crippen molar-refractivity contribution in [3.05, 3.63) is 16.7 Å². The first-order chi connectivity index (χ1) is 6.66. The summed E-state index contributed by atoms with van der Waals surface area (Å²) in [4.78, 5) is 15.5. The summed E-state index contributed by atoms with van der Waals surface area (Å²) in [5, 5.41) is 2.70. The van der Waals surface area contributed by atoms with Crippen molar-refractivity contribution in [2.24, 2.45) is 5.92 Å². The highest BCUT2D eigenvalue weighted by atomic mass is 79.9. The normalized spacial score (nSPS) is 20.4. The van der Waals surface area contributed by atoms with Crippen LogP contribution in [0.3, 0.4) is 0 Å². The van der Waals surface area contributed by atoms with E-state index in [-0.39, 0.29) is 11.8 Å². The number of hydrogen-bond donors (Lipinski definition) is 1. The van der Waals surface area contributed by atoms with Crippen LogP contribution < -0.4 is 10.1 Å². The van der Waals surface area contributed by atoms with Crippen LogP contribution in [0.2, 0.25) is 0 Å². The maximum atomic E-state index is 11.4. The van der Waals surface area contributed by atoms with Crippen molar-refractivity contribution in [1.82, 2.24) is 4.98 Å². The van der Waals surface area contributed by atoms with E-state index in [0.29, 0.717) is 18.2 Å². The summed E-state index contributed by atoms with van der Waals surface area (Å²) in [6, 6.07) is 1.79. The second-order valence-electron chi connectivity index (χ2n) is 3.20. The van der Waals surface area contributed by atoms with Gasteiger partial charge >= 0.3 is 0 Å². The van der Waals surface area contributed by atoms with Crippen LogP contribution in [0, 0.1) is 5.92 Å². The Morgan fingerprint density at radius 1 is 1.71 bits per heavy atom. The van der Waals surface area contributed by atoms with Gasteiger partial charge in [-0.3, -0.25) is 4.79 Å². The SMILES string of the molecule is CC1COc2cc(Br)cnc2NC1=O. The molecule has 1 aliphatic rings. The number of carbonyl (C=O) groups is 1. The zero-order valence-corrected chi connectivity index (χ0v) is 9.17. The minimum Gasteiger partial charge on any atom is -0.489 e. The number of rotatable bonds is 0. The fourth-order valence-electron chi connectivity index (χ4n) is 1.15. The number of halogens is 1. The van der Waals surface area contributed by atoms with Crippen molar-refractivity contribution in [1.29, 1.82) is 0 Å². The number of nitrogens with zero attached hydrogens (tertiary/aromatic N) is 1. The Bertz CT molecular complexity index is 381. The lowest BCUT2D eigenvalue weighted by Gasteiger charge is -2.05. The Labute approximate surface area is 89.8 Å². The summed E-state index contributed by atoms with van der Waals surface area (Å²) in [6.45, 7) is 2.20. The number of carbonyl (C=O) groups excluding carboxylic acids is 1. The van der Waals surface area contributed by atoms with Gasteiger partial charge < -0.3 is 10.1 Å². The summed E-state index contributed by atoms with van der Waals surface area (Å²) in [7, 11) is 0. The molecule has 4 nitrogen and oxygen atoms in total.